The lowest BCUT2D eigenvalue weighted by Gasteiger charge is -2.31. The number of carbonyl (C=O) groups excluding carboxylic acids is 3. The van der Waals surface area contributed by atoms with Crippen molar-refractivity contribution in [3.8, 4) is 5.75 Å². The van der Waals surface area contributed by atoms with Crippen molar-refractivity contribution < 1.29 is 36.7 Å². The van der Waals surface area contributed by atoms with Gasteiger partial charge in [-0.25, -0.2) is 4.39 Å². The molecule has 0 aromatic heterocycles. The Hall–Kier alpha value is -3.63. The minimum absolute atomic E-state index is 0.175. The fourth-order valence-electron chi connectivity index (χ4n) is 4.89. The van der Waals surface area contributed by atoms with Gasteiger partial charge in [0.1, 0.15) is 23.7 Å². The largest absolute Gasteiger partial charge is 0.497 e. The normalized spacial score (nSPS) is 19.7. The van der Waals surface area contributed by atoms with Crippen molar-refractivity contribution in [3.05, 3.63) is 65.0 Å². The minimum atomic E-state index is -4.96. The molecule has 11 heteroatoms. The molecular formula is C26H27F4N3O4. The fourth-order valence-corrected chi connectivity index (χ4v) is 4.89. The molecule has 2 heterocycles. The first kappa shape index (κ1) is 26.4. The number of nitrogens with one attached hydrogen (secondary N) is 1. The Kier molecular flexibility index (Phi) is 7.70. The Bertz CT molecular complexity index is 1190. The Balaban J connectivity index is 1.45. The SMILES string of the molecule is COc1cccc(CNC(=O)[C@H]2CCCN2C(=O)[C@H]2CCCN2C(=O)c2ccc(F)c(C(F)(F)F)c2)c1. The second-order valence-electron chi connectivity index (χ2n) is 9.11. The third-order valence-corrected chi connectivity index (χ3v) is 6.76. The van der Waals surface area contributed by atoms with Crippen molar-refractivity contribution in [2.24, 2.45) is 0 Å². The van der Waals surface area contributed by atoms with Crippen LogP contribution in [0.3, 0.4) is 0 Å². The fraction of sp³-hybridized carbons (Fsp3) is 0.423. The van der Waals surface area contributed by atoms with Crippen molar-refractivity contribution in [2.75, 3.05) is 20.2 Å². The molecule has 2 aliphatic heterocycles. The van der Waals surface area contributed by atoms with Crippen LogP contribution in [-0.4, -0.2) is 59.8 Å². The second-order valence-corrected chi connectivity index (χ2v) is 9.11. The molecule has 37 heavy (non-hydrogen) atoms. The summed E-state index contributed by atoms with van der Waals surface area (Å²) in [6, 6.07) is 7.66. The monoisotopic (exact) mass is 521 g/mol. The third kappa shape index (κ3) is 5.70. The molecule has 7 nitrogen and oxygen atoms in total. The van der Waals surface area contributed by atoms with Crippen LogP contribution in [0.1, 0.15) is 47.2 Å². The number of methoxy groups -OCH3 is 1. The number of rotatable bonds is 6. The van der Waals surface area contributed by atoms with E-state index in [-0.39, 0.29) is 24.6 Å². The van der Waals surface area contributed by atoms with Crippen LogP contribution in [0.2, 0.25) is 0 Å². The van der Waals surface area contributed by atoms with Crippen molar-refractivity contribution in [2.45, 2.75) is 50.5 Å². The summed E-state index contributed by atoms with van der Waals surface area (Å²) in [5.41, 5.74) is -1.05. The number of ether oxygens (including phenoxy) is 1. The lowest BCUT2D eigenvalue weighted by Crippen LogP contribution is -2.52. The van der Waals surface area contributed by atoms with E-state index in [1.165, 1.54) is 9.80 Å². The van der Waals surface area contributed by atoms with E-state index in [0.29, 0.717) is 50.1 Å². The highest BCUT2D eigenvalue weighted by molar-refractivity contribution is 5.99. The standard InChI is InChI=1S/C26H27F4N3O4/c1-37-18-6-2-5-16(13-18)15-31-23(34)21-7-3-11-32(21)25(36)22-8-4-12-33(22)24(35)17-9-10-20(27)19(14-17)26(28,29)30/h2,5-6,9-10,13-14,21-22H,3-4,7-8,11-12,15H2,1H3,(H,31,34)/t21-,22-/m1/s1. The van der Waals surface area contributed by atoms with Crippen LogP contribution in [0, 0.1) is 5.82 Å². The quantitative estimate of drug-likeness (QED) is 0.588. The van der Waals surface area contributed by atoms with E-state index < -0.39 is 41.5 Å². The molecule has 198 valence electrons. The van der Waals surface area contributed by atoms with E-state index >= 15 is 0 Å². The van der Waals surface area contributed by atoms with Crippen LogP contribution in [0.25, 0.3) is 0 Å². The molecule has 0 unspecified atom stereocenters. The van der Waals surface area contributed by atoms with Crippen LogP contribution in [0.5, 0.6) is 5.75 Å². The molecule has 0 saturated carbocycles. The predicted octanol–water partition coefficient (Wildman–Crippen LogP) is 3.77. The lowest BCUT2D eigenvalue weighted by molar-refractivity contribution is -0.141. The van der Waals surface area contributed by atoms with Crippen LogP contribution in [0.4, 0.5) is 17.6 Å². The van der Waals surface area contributed by atoms with Crippen molar-refractivity contribution in [1.29, 1.82) is 0 Å². The van der Waals surface area contributed by atoms with E-state index in [4.69, 9.17) is 4.74 Å². The summed E-state index contributed by atoms with van der Waals surface area (Å²) >= 11 is 0. The molecule has 2 saturated heterocycles. The number of benzene rings is 2. The number of alkyl halides is 3. The van der Waals surface area contributed by atoms with Gasteiger partial charge in [0, 0.05) is 25.2 Å². The molecule has 0 spiro atoms. The molecule has 2 aromatic carbocycles. The topological polar surface area (TPSA) is 79.0 Å². The highest BCUT2D eigenvalue weighted by atomic mass is 19.4. The predicted molar refractivity (Wildman–Crippen MR) is 125 cm³/mol. The van der Waals surface area contributed by atoms with E-state index in [9.17, 15) is 31.9 Å². The molecule has 0 radical (unpaired) electrons. The highest BCUT2D eigenvalue weighted by Gasteiger charge is 2.43. The van der Waals surface area contributed by atoms with Gasteiger partial charge in [0.25, 0.3) is 5.91 Å². The molecular weight excluding hydrogens is 494 g/mol. The van der Waals surface area contributed by atoms with Crippen molar-refractivity contribution in [3.63, 3.8) is 0 Å². The van der Waals surface area contributed by atoms with Crippen LogP contribution in [0.15, 0.2) is 42.5 Å². The van der Waals surface area contributed by atoms with Gasteiger partial charge in [-0.1, -0.05) is 12.1 Å². The molecule has 1 N–H and O–H groups in total. The maximum Gasteiger partial charge on any atom is 0.419 e. The average molecular weight is 522 g/mol. The molecule has 3 amide bonds. The lowest BCUT2D eigenvalue weighted by atomic mass is 10.1. The zero-order chi connectivity index (χ0) is 26.7. The molecule has 0 bridgehead atoms. The smallest absolute Gasteiger partial charge is 0.419 e. The molecule has 2 aromatic rings. The van der Waals surface area contributed by atoms with Gasteiger partial charge in [-0.05, 0) is 61.6 Å². The van der Waals surface area contributed by atoms with E-state index in [0.717, 1.165) is 11.6 Å². The van der Waals surface area contributed by atoms with Crippen molar-refractivity contribution in [1.82, 2.24) is 15.1 Å². The second kappa shape index (κ2) is 10.8. The van der Waals surface area contributed by atoms with Crippen molar-refractivity contribution >= 4 is 17.7 Å². The number of amides is 3. The minimum Gasteiger partial charge on any atom is -0.497 e. The Morgan fingerprint density at radius 3 is 2.41 bits per heavy atom. The Morgan fingerprint density at radius 2 is 1.70 bits per heavy atom. The molecule has 2 atom stereocenters. The summed E-state index contributed by atoms with van der Waals surface area (Å²) in [6.45, 7) is 0.757. The number of likely N-dealkylation sites (tertiary alicyclic amines) is 2. The summed E-state index contributed by atoms with van der Waals surface area (Å²) in [5, 5.41) is 2.84. The number of carbonyl (C=O) groups is 3. The number of hydrogen-bond acceptors (Lipinski definition) is 4. The van der Waals surface area contributed by atoms with E-state index in [1.54, 1.807) is 25.3 Å². The summed E-state index contributed by atoms with van der Waals surface area (Å²) in [5.74, 6) is -2.34. The molecule has 2 fully saturated rings. The first-order chi connectivity index (χ1) is 17.6. The summed E-state index contributed by atoms with van der Waals surface area (Å²) in [6.07, 6.45) is -3.08. The first-order valence-electron chi connectivity index (χ1n) is 12.0. The van der Waals surface area contributed by atoms with Gasteiger partial charge >= 0.3 is 6.18 Å². The zero-order valence-electron chi connectivity index (χ0n) is 20.2. The average Bonchev–Trinajstić information content (AvgIpc) is 3.56. The van der Waals surface area contributed by atoms with Gasteiger partial charge < -0.3 is 19.9 Å². The van der Waals surface area contributed by atoms with Gasteiger partial charge in [0.05, 0.1) is 12.7 Å². The van der Waals surface area contributed by atoms with Crippen LogP contribution >= 0.6 is 0 Å². The number of halogens is 4. The third-order valence-electron chi connectivity index (χ3n) is 6.76. The molecule has 2 aliphatic rings. The molecule has 4 rings (SSSR count). The maximum atomic E-state index is 13.7. The van der Waals surface area contributed by atoms with Gasteiger partial charge in [-0.3, -0.25) is 14.4 Å². The van der Waals surface area contributed by atoms with Gasteiger partial charge in [-0.2, -0.15) is 13.2 Å². The van der Waals surface area contributed by atoms with Gasteiger partial charge in [-0.15, -0.1) is 0 Å². The van der Waals surface area contributed by atoms with E-state index in [2.05, 4.69) is 5.32 Å². The van der Waals surface area contributed by atoms with Gasteiger partial charge in [0.15, 0.2) is 0 Å². The van der Waals surface area contributed by atoms with E-state index in [1.807, 2.05) is 6.07 Å². The Morgan fingerprint density at radius 1 is 1.00 bits per heavy atom. The Labute approximate surface area is 211 Å². The van der Waals surface area contributed by atoms with Crippen LogP contribution in [-0.2, 0) is 22.3 Å². The number of hydrogen-bond donors (Lipinski definition) is 1. The summed E-state index contributed by atoms with van der Waals surface area (Å²) < 4.78 is 58.3. The zero-order valence-corrected chi connectivity index (χ0v) is 20.2. The molecule has 0 aliphatic carbocycles. The van der Waals surface area contributed by atoms with Crippen LogP contribution < -0.4 is 10.1 Å². The van der Waals surface area contributed by atoms with Gasteiger partial charge in [0.2, 0.25) is 11.8 Å². The highest BCUT2D eigenvalue weighted by Crippen LogP contribution is 2.33. The first-order valence-corrected chi connectivity index (χ1v) is 12.0. The number of nitrogens with zero attached hydrogens (tertiary/aromatic N) is 2. The maximum absolute atomic E-state index is 13.7. The summed E-state index contributed by atoms with van der Waals surface area (Å²) in [4.78, 5) is 42.1. The summed E-state index contributed by atoms with van der Waals surface area (Å²) in [7, 11) is 1.54.